The predicted molar refractivity (Wildman–Crippen MR) is 69.8 cm³/mol. The molecule has 0 aliphatic carbocycles. The van der Waals surface area contributed by atoms with E-state index in [0.29, 0.717) is 0 Å². The minimum atomic E-state index is -1.42. The fourth-order valence-corrected chi connectivity index (χ4v) is 3.04. The number of hydrogen-bond donors (Lipinski definition) is 3. The first kappa shape index (κ1) is 15.1. The number of carbonyl (C=O) groups is 2. The van der Waals surface area contributed by atoms with E-state index in [4.69, 9.17) is 5.11 Å². The summed E-state index contributed by atoms with van der Waals surface area (Å²) < 4.78 is 0. The number of carboxylic acids is 1. The number of amides is 2. The molecule has 1 saturated heterocycles. The van der Waals surface area contributed by atoms with Gasteiger partial charge in [0.2, 0.25) is 0 Å². The van der Waals surface area contributed by atoms with Gasteiger partial charge in [-0.25, -0.2) is 4.79 Å². The molecular formula is C11H20N2O4S. The lowest BCUT2D eigenvalue weighted by Gasteiger charge is -2.27. The average molecular weight is 276 g/mol. The minimum absolute atomic E-state index is 0.0671. The van der Waals surface area contributed by atoms with Crippen molar-refractivity contribution in [1.82, 2.24) is 10.2 Å². The number of carbonyl (C=O) groups excluding carboxylic acids is 1. The van der Waals surface area contributed by atoms with Crippen molar-refractivity contribution in [3.05, 3.63) is 0 Å². The van der Waals surface area contributed by atoms with Gasteiger partial charge < -0.3 is 20.4 Å². The number of aliphatic carboxylic acids is 1. The van der Waals surface area contributed by atoms with Crippen molar-refractivity contribution in [2.24, 2.45) is 0 Å². The van der Waals surface area contributed by atoms with Crippen LogP contribution in [0.3, 0.4) is 0 Å². The molecule has 0 aromatic rings. The molecule has 0 bridgehead atoms. The normalized spacial score (nSPS) is 22.3. The number of rotatable bonds is 5. The fourth-order valence-electron chi connectivity index (χ4n) is 1.77. The Bertz CT molecular complexity index is 316. The van der Waals surface area contributed by atoms with E-state index in [0.717, 1.165) is 17.9 Å². The second-order valence-electron chi connectivity index (χ2n) is 4.85. The highest BCUT2D eigenvalue weighted by molar-refractivity contribution is 7.99. The molecular weight excluding hydrogens is 256 g/mol. The third kappa shape index (κ3) is 4.73. The van der Waals surface area contributed by atoms with Crippen LogP contribution in [0.4, 0.5) is 4.79 Å². The average Bonchev–Trinajstić information content (AvgIpc) is 2.76. The van der Waals surface area contributed by atoms with Crippen molar-refractivity contribution in [1.29, 1.82) is 0 Å². The van der Waals surface area contributed by atoms with E-state index >= 15 is 0 Å². The molecule has 1 heterocycles. The minimum Gasteiger partial charge on any atom is -0.481 e. The Kier molecular flexibility index (Phi) is 5.28. The number of hydrogen-bond acceptors (Lipinski definition) is 4. The molecule has 104 valence electrons. The molecule has 0 spiro atoms. The van der Waals surface area contributed by atoms with Crippen LogP contribution in [0.25, 0.3) is 0 Å². The second-order valence-corrected chi connectivity index (χ2v) is 6.00. The number of urea groups is 1. The molecule has 18 heavy (non-hydrogen) atoms. The van der Waals surface area contributed by atoms with E-state index in [1.807, 2.05) is 11.8 Å². The molecule has 6 nitrogen and oxygen atoms in total. The molecule has 3 N–H and O–H groups in total. The zero-order valence-corrected chi connectivity index (χ0v) is 11.5. The van der Waals surface area contributed by atoms with Gasteiger partial charge in [-0.3, -0.25) is 4.79 Å². The van der Waals surface area contributed by atoms with Gasteiger partial charge in [0.1, 0.15) is 0 Å². The summed E-state index contributed by atoms with van der Waals surface area (Å²) in [4.78, 5) is 23.9. The molecule has 1 rings (SSSR count). The zero-order valence-electron chi connectivity index (χ0n) is 10.7. The molecule has 1 aliphatic heterocycles. The van der Waals surface area contributed by atoms with Crippen molar-refractivity contribution in [2.75, 3.05) is 25.1 Å². The van der Waals surface area contributed by atoms with E-state index in [-0.39, 0.29) is 18.6 Å². The summed E-state index contributed by atoms with van der Waals surface area (Å²) in [6.45, 7) is 1.33. The summed E-state index contributed by atoms with van der Waals surface area (Å²) in [5, 5.41) is 20.9. The second kappa shape index (κ2) is 6.29. The number of carboxylic acid groups (broad SMARTS) is 1. The molecule has 1 fully saturated rings. The predicted octanol–water partition coefficient (Wildman–Crippen LogP) is 0.359. The van der Waals surface area contributed by atoms with Crippen LogP contribution in [-0.2, 0) is 4.79 Å². The highest BCUT2D eigenvalue weighted by Gasteiger charge is 2.28. The van der Waals surface area contributed by atoms with Gasteiger partial charge in [0.25, 0.3) is 0 Å². The summed E-state index contributed by atoms with van der Waals surface area (Å²) >= 11 is 1.81. The maximum atomic E-state index is 11.8. The Labute approximate surface area is 111 Å². The summed E-state index contributed by atoms with van der Waals surface area (Å²) in [6, 6.07) is -0.0485. The van der Waals surface area contributed by atoms with Crippen LogP contribution < -0.4 is 5.32 Å². The van der Waals surface area contributed by atoms with Crippen LogP contribution in [0.5, 0.6) is 0 Å². The molecule has 1 aliphatic rings. The van der Waals surface area contributed by atoms with E-state index < -0.39 is 18.0 Å². The summed E-state index contributed by atoms with van der Waals surface area (Å²) in [6.07, 6.45) is 0.580. The molecule has 0 aromatic carbocycles. The van der Waals surface area contributed by atoms with Gasteiger partial charge in [0.15, 0.2) is 0 Å². The van der Waals surface area contributed by atoms with Crippen molar-refractivity contribution in [3.8, 4) is 0 Å². The maximum absolute atomic E-state index is 11.8. The number of thioether (sulfide) groups is 1. The van der Waals surface area contributed by atoms with Crippen LogP contribution >= 0.6 is 11.8 Å². The molecule has 2 unspecified atom stereocenters. The monoisotopic (exact) mass is 276 g/mol. The molecule has 0 aromatic heterocycles. The van der Waals surface area contributed by atoms with Crippen LogP contribution in [-0.4, -0.2) is 63.9 Å². The lowest BCUT2D eigenvalue weighted by molar-refractivity contribution is -0.141. The summed E-state index contributed by atoms with van der Waals surface area (Å²) in [5.41, 5.74) is -1.42. The standard InChI is InChI=1S/C11H20N2O4S/c1-11(17,5-9(14)15)7-12-10(16)13(2)8-3-4-18-6-8/h8,17H,3-7H2,1-2H3,(H,12,16)(H,14,15). The van der Waals surface area contributed by atoms with E-state index in [2.05, 4.69) is 5.32 Å². The van der Waals surface area contributed by atoms with Crippen LogP contribution in [0.1, 0.15) is 19.8 Å². The lowest BCUT2D eigenvalue weighted by atomic mass is 10.0. The first-order valence-electron chi connectivity index (χ1n) is 5.84. The largest absolute Gasteiger partial charge is 0.481 e. The Morgan fingerprint density at radius 1 is 1.56 bits per heavy atom. The van der Waals surface area contributed by atoms with Gasteiger partial charge in [-0.1, -0.05) is 0 Å². The number of nitrogens with zero attached hydrogens (tertiary/aromatic N) is 1. The maximum Gasteiger partial charge on any atom is 0.317 e. The first-order valence-corrected chi connectivity index (χ1v) is 7.00. The molecule has 7 heteroatoms. The quantitative estimate of drug-likeness (QED) is 0.674. The van der Waals surface area contributed by atoms with Crippen LogP contribution in [0.15, 0.2) is 0 Å². The van der Waals surface area contributed by atoms with Crippen molar-refractivity contribution >= 4 is 23.8 Å². The summed E-state index contributed by atoms with van der Waals surface area (Å²) in [5.74, 6) is 0.892. The zero-order chi connectivity index (χ0) is 13.8. The van der Waals surface area contributed by atoms with Gasteiger partial charge in [0, 0.05) is 25.4 Å². The van der Waals surface area contributed by atoms with E-state index in [9.17, 15) is 14.7 Å². The van der Waals surface area contributed by atoms with Crippen LogP contribution in [0, 0.1) is 0 Å². The SMILES string of the molecule is CN(C(=O)NCC(C)(O)CC(=O)O)C1CCSC1. The highest BCUT2D eigenvalue weighted by Crippen LogP contribution is 2.21. The molecule has 0 saturated carbocycles. The van der Waals surface area contributed by atoms with Gasteiger partial charge in [-0.05, 0) is 19.1 Å². The summed E-state index contributed by atoms with van der Waals surface area (Å²) in [7, 11) is 1.72. The van der Waals surface area contributed by atoms with Crippen molar-refractivity contribution in [2.45, 2.75) is 31.4 Å². The Balaban J connectivity index is 2.37. The third-order valence-electron chi connectivity index (χ3n) is 2.93. The highest BCUT2D eigenvalue weighted by atomic mass is 32.2. The number of aliphatic hydroxyl groups is 1. The molecule has 2 amide bonds. The van der Waals surface area contributed by atoms with Crippen molar-refractivity contribution in [3.63, 3.8) is 0 Å². The smallest absolute Gasteiger partial charge is 0.317 e. The van der Waals surface area contributed by atoms with Gasteiger partial charge in [-0.15, -0.1) is 0 Å². The van der Waals surface area contributed by atoms with Crippen LogP contribution in [0.2, 0.25) is 0 Å². The van der Waals surface area contributed by atoms with Gasteiger partial charge in [0.05, 0.1) is 12.0 Å². The first-order chi connectivity index (χ1) is 8.32. The number of nitrogens with one attached hydrogen (secondary N) is 1. The van der Waals surface area contributed by atoms with E-state index in [1.165, 1.54) is 6.92 Å². The third-order valence-corrected chi connectivity index (χ3v) is 4.07. The topological polar surface area (TPSA) is 89.9 Å². The Morgan fingerprint density at radius 2 is 2.22 bits per heavy atom. The van der Waals surface area contributed by atoms with E-state index in [1.54, 1.807) is 11.9 Å². The Hall–Kier alpha value is -0.950. The van der Waals surface area contributed by atoms with Gasteiger partial charge in [-0.2, -0.15) is 11.8 Å². The lowest BCUT2D eigenvalue weighted by Crippen LogP contribution is -2.49. The molecule has 2 atom stereocenters. The fraction of sp³-hybridized carbons (Fsp3) is 0.818. The molecule has 0 radical (unpaired) electrons. The van der Waals surface area contributed by atoms with Gasteiger partial charge >= 0.3 is 12.0 Å². The van der Waals surface area contributed by atoms with Crippen molar-refractivity contribution < 1.29 is 19.8 Å². The Morgan fingerprint density at radius 3 is 2.72 bits per heavy atom.